The number of hydrogen-bond acceptors (Lipinski definition) is 2. The highest BCUT2D eigenvalue weighted by Gasteiger charge is 2.24. The first-order valence-corrected chi connectivity index (χ1v) is 5.53. The van der Waals surface area contributed by atoms with Crippen molar-refractivity contribution in [1.82, 2.24) is 5.32 Å². The molecule has 0 aromatic heterocycles. The zero-order chi connectivity index (χ0) is 11.5. The monoisotopic (exact) mass is 227 g/mol. The fourth-order valence-electron chi connectivity index (χ4n) is 2.10. The second kappa shape index (κ2) is 4.89. The third kappa shape index (κ3) is 2.39. The molecule has 0 radical (unpaired) electrons. The van der Waals surface area contributed by atoms with Gasteiger partial charge in [-0.05, 0) is 25.3 Å². The van der Waals surface area contributed by atoms with Gasteiger partial charge in [0.05, 0.1) is 6.10 Å². The molecule has 0 amide bonds. The molecule has 1 aliphatic carbocycles. The van der Waals surface area contributed by atoms with Crippen LogP contribution in [0.5, 0.6) is 0 Å². The summed E-state index contributed by atoms with van der Waals surface area (Å²) in [5.74, 6) is -1.63. The fourth-order valence-corrected chi connectivity index (χ4v) is 2.10. The average Bonchev–Trinajstić information content (AvgIpc) is 2.67. The molecule has 2 atom stereocenters. The minimum absolute atomic E-state index is 0.00247. The average molecular weight is 227 g/mol. The van der Waals surface area contributed by atoms with E-state index in [0.717, 1.165) is 25.3 Å². The van der Waals surface area contributed by atoms with Crippen LogP contribution in [0.1, 0.15) is 24.8 Å². The summed E-state index contributed by atoms with van der Waals surface area (Å²) in [5, 5.41) is 12.6. The van der Waals surface area contributed by atoms with Gasteiger partial charge < -0.3 is 10.4 Å². The molecule has 0 heterocycles. The van der Waals surface area contributed by atoms with E-state index >= 15 is 0 Å². The Morgan fingerprint density at radius 3 is 2.81 bits per heavy atom. The van der Waals surface area contributed by atoms with Gasteiger partial charge >= 0.3 is 0 Å². The Morgan fingerprint density at radius 1 is 1.31 bits per heavy atom. The van der Waals surface area contributed by atoms with Crippen molar-refractivity contribution in [2.45, 2.75) is 38.0 Å². The normalized spacial score (nSPS) is 24.9. The Kier molecular flexibility index (Phi) is 3.51. The molecule has 1 fully saturated rings. The van der Waals surface area contributed by atoms with Gasteiger partial charge in [-0.25, -0.2) is 8.78 Å². The number of benzene rings is 1. The van der Waals surface area contributed by atoms with Crippen LogP contribution in [0.15, 0.2) is 18.2 Å². The molecule has 2 rings (SSSR count). The number of aliphatic hydroxyl groups is 1. The maximum Gasteiger partial charge on any atom is 0.163 e. The van der Waals surface area contributed by atoms with E-state index in [1.807, 2.05) is 0 Å². The van der Waals surface area contributed by atoms with Crippen molar-refractivity contribution in [3.8, 4) is 0 Å². The first-order valence-electron chi connectivity index (χ1n) is 5.53. The minimum atomic E-state index is -0.828. The van der Waals surface area contributed by atoms with Crippen molar-refractivity contribution in [3.05, 3.63) is 35.4 Å². The first kappa shape index (κ1) is 11.5. The molecule has 2 nitrogen and oxygen atoms in total. The lowest BCUT2D eigenvalue weighted by atomic mass is 10.1. The molecular formula is C12H15F2NO. The van der Waals surface area contributed by atoms with Gasteiger partial charge in [-0.1, -0.05) is 12.1 Å². The third-order valence-corrected chi connectivity index (χ3v) is 3.07. The second-order valence-corrected chi connectivity index (χ2v) is 4.20. The van der Waals surface area contributed by atoms with Gasteiger partial charge in [0.25, 0.3) is 0 Å². The predicted molar refractivity (Wildman–Crippen MR) is 56.8 cm³/mol. The Hall–Kier alpha value is -1.00. The third-order valence-electron chi connectivity index (χ3n) is 3.07. The van der Waals surface area contributed by atoms with Crippen molar-refractivity contribution in [2.75, 3.05) is 0 Å². The van der Waals surface area contributed by atoms with Gasteiger partial charge in [-0.15, -0.1) is 0 Å². The van der Waals surface area contributed by atoms with Crippen LogP contribution in [0.2, 0.25) is 0 Å². The van der Waals surface area contributed by atoms with Gasteiger partial charge in [0.2, 0.25) is 0 Å². The summed E-state index contributed by atoms with van der Waals surface area (Å²) in [6, 6.07) is 4.14. The lowest BCUT2D eigenvalue weighted by Gasteiger charge is -2.16. The summed E-state index contributed by atoms with van der Waals surface area (Å²) in [4.78, 5) is 0. The van der Waals surface area contributed by atoms with E-state index in [1.165, 1.54) is 6.07 Å². The summed E-state index contributed by atoms with van der Waals surface area (Å²) in [7, 11) is 0. The molecule has 0 spiro atoms. The molecule has 2 N–H and O–H groups in total. The van der Waals surface area contributed by atoms with Gasteiger partial charge in [0.1, 0.15) is 0 Å². The Labute approximate surface area is 93.3 Å². The lowest BCUT2D eigenvalue weighted by molar-refractivity contribution is 0.148. The predicted octanol–water partition coefficient (Wildman–Crippen LogP) is 1.97. The zero-order valence-corrected chi connectivity index (χ0v) is 8.92. The number of hydrogen-bond donors (Lipinski definition) is 2. The summed E-state index contributed by atoms with van der Waals surface area (Å²) in [5.41, 5.74) is 0.305. The molecule has 1 saturated carbocycles. The molecule has 1 aromatic rings. The largest absolute Gasteiger partial charge is 0.392 e. The molecule has 16 heavy (non-hydrogen) atoms. The summed E-state index contributed by atoms with van der Waals surface area (Å²) < 4.78 is 26.2. The highest BCUT2D eigenvalue weighted by molar-refractivity contribution is 5.18. The van der Waals surface area contributed by atoms with E-state index in [9.17, 15) is 13.9 Å². The highest BCUT2D eigenvalue weighted by atomic mass is 19.2. The van der Waals surface area contributed by atoms with Crippen LogP contribution in [0.3, 0.4) is 0 Å². The highest BCUT2D eigenvalue weighted by Crippen LogP contribution is 2.19. The number of rotatable bonds is 3. The van der Waals surface area contributed by atoms with Gasteiger partial charge in [-0.2, -0.15) is 0 Å². The van der Waals surface area contributed by atoms with Crippen molar-refractivity contribution in [2.24, 2.45) is 0 Å². The molecule has 0 aliphatic heterocycles. The summed E-state index contributed by atoms with van der Waals surface area (Å²) >= 11 is 0. The molecule has 0 saturated heterocycles. The van der Waals surface area contributed by atoms with Crippen LogP contribution in [-0.4, -0.2) is 17.3 Å². The molecule has 4 heteroatoms. The van der Waals surface area contributed by atoms with E-state index in [-0.39, 0.29) is 18.7 Å². The molecule has 0 bridgehead atoms. The number of halogens is 2. The van der Waals surface area contributed by atoms with Crippen molar-refractivity contribution < 1.29 is 13.9 Å². The smallest absolute Gasteiger partial charge is 0.163 e. The van der Waals surface area contributed by atoms with E-state index in [4.69, 9.17) is 0 Å². The van der Waals surface area contributed by atoms with Crippen LogP contribution >= 0.6 is 0 Å². The molecule has 88 valence electrons. The SMILES string of the molecule is OC1CCCC1NCc1cccc(F)c1F. The van der Waals surface area contributed by atoms with Crippen LogP contribution in [0, 0.1) is 11.6 Å². The van der Waals surface area contributed by atoms with Crippen LogP contribution < -0.4 is 5.32 Å². The van der Waals surface area contributed by atoms with E-state index < -0.39 is 11.6 Å². The maximum absolute atomic E-state index is 13.3. The Bertz CT molecular complexity index is 370. The second-order valence-electron chi connectivity index (χ2n) is 4.20. The first-order chi connectivity index (χ1) is 7.68. The van der Waals surface area contributed by atoms with E-state index in [0.29, 0.717) is 5.56 Å². The molecule has 1 aliphatic rings. The topological polar surface area (TPSA) is 32.3 Å². The standard InChI is InChI=1S/C12H15F2NO/c13-9-4-1-3-8(12(9)14)7-15-10-5-2-6-11(10)16/h1,3-4,10-11,15-16H,2,5-7H2. The van der Waals surface area contributed by atoms with Gasteiger partial charge in [0, 0.05) is 18.2 Å². The zero-order valence-electron chi connectivity index (χ0n) is 8.92. The quantitative estimate of drug-likeness (QED) is 0.827. The van der Waals surface area contributed by atoms with Gasteiger partial charge in [-0.3, -0.25) is 0 Å². The maximum atomic E-state index is 13.3. The molecule has 1 aromatic carbocycles. The lowest BCUT2D eigenvalue weighted by Crippen LogP contribution is -2.35. The van der Waals surface area contributed by atoms with Crippen LogP contribution in [-0.2, 0) is 6.54 Å². The Morgan fingerprint density at radius 2 is 2.12 bits per heavy atom. The van der Waals surface area contributed by atoms with Crippen LogP contribution in [0.4, 0.5) is 8.78 Å². The van der Waals surface area contributed by atoms with Crippen molar-refractivity contribution >= 4 is 0 Å². The van der Waals surface area contributed by atoms with E-state index in [2.05, 4.69) is 5.32 Å². The molecular weight excluding hydrogens is 212 g/mol. The van der Waals surface area contributed by atoms with Crippen molar-refractivity contribution in [1.29, 1.82) is 0 Å². The van der Waals surface area contributed by atoms with Gasteiger partial charge in [0.15, 0.2) is 11.6 Å². The van der Waals surface area contributed by atoms with Crippen LogP contribution in [0.25, 0.3) is 0 Å². The van der Waals surface area contributed by atoms with E-state index in [1.54, 1.807) is 6.07 Å². The Balaban J connectivity index is 1.96. The molecule has 2 unspecified atom stereocenters. The van der Waals surface area contributed by atoms with Crippen molar-refractivity contribution in [3.63, 3.8) is 0 Å². The number of nitrogens with one attached hydrogen (secondary N) is 1. The fraction of sp³-hybridized carbons (Fsp3) is 0.500. The minimum Gasteiger partial charge on any atom is -0.392 e. The summed E-state index contributed by atoms with van der Waals surface area (Å²) in [6.45, 7) is 0.255. The summed E-state index contributed by atoms with van der Waals surface area (Å²) in [6.07, 6.45) is 2.28. The number of aliphatic hydroxyl groups excluding tert-OH is 1.